The molecule has 1 heterocycles. The van der Waals surface area contributed by atoms with Crippen molar-refractivity contribution >= 4 is 29.1 Å². The van der Waals surface area contributed by atoms with Gasteiger partial charge in [0.25, 0.3) is 0 Å². The third kappa shape index (κ3) is 4.77. The maximum atomic E-state index is 12.2. The summed E-state index contributed by atoms with van der Waals surface area (Å²) in [6.07, 6.45) is 0. The van der Waals surface area contributed by atoms with Crippen LogP contribution in [0.2, 0.25) is 5.02 Å². The van der Waals surface area contributed by atoms with Gasteiger partial charge in [-0.1, -0.05) is 35.9 Å². The summed E-state index contributed by atoms with van der Waals surface area (Å²) in [5.74, 6) is 0.515. The van der Waals surface area contributed by atoms with Crippen LogP contribution in [0.3, 0.4) is 0 Å². The molecule has 0 aromatic heterocycles. The fourth-order valence-corrected chi connectivity index (χ4v) is 3.59. The van der Waals surface area contributed by atoms with Crippen LogP contribution in [0.25, 0.3) is 0 Å². The van der Waals surface area contributed by atoms with Crippen LogP contribution in [0.15, 0.2) is 47.5 Å². The van der Waals surface area contributed by atoms with Crippen LogP contribution in [0.1, 0.15) is 37.9 Å². The highest BCUT2D eigenvalue weighted by Crippen LogP contribution is 2.35. The van der Waals surface area contributed by atoms with Crippen molar-refractivity contribution in [2.24, 2.45) is 10.9 Å². The SMILES string of the molecule is CCOc1cc(C2NC(=O)N=C(C)C2C(C)=O)ccc1OCc1ccccc1Cl. The van der Waals surface area contributed by atoms with Crippen LogP contribution in [-0.2, 0) is 11.4 Å². The van der Waals surface area contributed by atoms with Gasteiger partial charge in [0.2, 0.25) is 0 Å². The predicted molar refractivity (Wildman–Crippen MR) is 112 cm³/mol. The fraction of sp³-hybridized carbons (Fsp3) is 0.318. The lowest BCUT2D eigenvalue weighted by Crippen LogP contribution is -2.42. The van der Waals surface area contributed by atoms with Crippen LogP contribution in [0.5, 0.6) is 11.5 Å². The number of nitrogens with one attached hydrogen (secondary N) is 1. The van der Waals surface area contributed by atoms with Gasteiger partial charge < -0.3 is 14.8 Å². The smallest absolute Gasteiger partial charge is 0.341 e. The number of Topliss-reactive ketones (excluding diaryl/α,β-unsaturated/α-hetero) is 1. The lowest BCUT2D eigenvalue weighted by Gasteiger charge is -2.30. The van der Waals surface area contributed by atoms with Gasteiger partial charge in [0.15, 0.2) is 11.5 Å². The Morgan fingerprint density at radius 2 is 1.93 bits per heavy atom. The van der Waals surface area contributed by atoms with E-state index in [0.29, 0.717) is 35.4 Å². The Kier molecular flexibility index (Phi) is 6.54. The molecule has 152 valence electrons. The second-order valence-corrected chi connectivity index (χ2v) is 7.20. The van der Waals surface area contributed by atoms with Gasteiger partial charge in [-0.3, -0.25) is 4.79 Å². The number of nitrogens with zero attached hydrogens (tertiary/aromatic N) is 1. The average Bonchev–Trinajstić information content (AvgIpc) is 2.67. The fourth-order valence-electron chi connectivity index (χ4n) is 3.40. The Hall–Kier alpha value is -2.86. The van der Waals surface area contributed by atoms with E-state index in [1.54, 1.807) is 19.1 Å². The van der Waals surface area contributed by atoms with Crippen molar-refractivity contribution in [3.8, 4) is 11.5 Å². The minimum absolute atomic E-state index is 0.0618. The number of halogens is 1. The molecule has 0 radical (unpaired) electrons. The van der Waals surface area contributed by atoms with E-state index in [4.69, 9.17) is 21.1 Å². The highest BCUT2D eigenvalue weighted by molar-refractivity contribution is 6.31. The first kappa shape index (κ1) is 20.9. The summed E-state index contributed by atoms with van der Waals surface area (Å²) >= 11 is 6.20. The first-order valence-electron chi connectivity index (χ1n) is 9.39. The number of amides is 2. The van der Waals surface area contributed by atoms with Crippen LogP contribution < -0.4 is 14.8 Å². The average molecular weight is 415 g/mol. The van der Waals surface area contributed by atoms with Gasteiger partial charge in [-0.05, 0) is 44.5 Å². The summed E-state index contributed by atoms with van der Waals surface area (Å²) in [6, 6.07) is 11.9. The lowest BCUT2D eigenvalue weighted by molar-refractivity contribution is -0.119. The number of carbonyl (C=O) groups is 2. The quantitative estimate of drug-likeness (QED) is 0.709. The molecule has 1 aliphatic rings. The molecule has 0 bridgehead atoms. The summed E-state index contributed by atoms with van der Waals surface area (Å²) in [4.78, 5) is 28.0. The summed E-state index contributed by atoms with van der Waals surface area (Å²) in [6.45, 7) is 5.81. The molecular weight excluding hydrogens is 392 g/mol. The molecule has 1 aliphatic heterocycles. The first-order chi connectivity index (χ1) is 13.9. The maximum absolute atomic E-state index is 12.2. The minimum atomic E-state index is -0.517. The Morgan fingerprint density at radius 3 is 2.62 bits per heavy atom. The van der Waals surface area contributed by atoms with Crippen molar-refractivity contribution in [2.75, 3.05) is 6.61 Å². The van der Waals surface area contributed by atoms with Crippen molar-refractivity contribution in [3.63, 3.8) is 0 Å². The van der Waals surface area contributed by atoms with Crippen molar-refractivity contribution < 1.29 is 19.1 Å². The molecule has 2 unspecified atom stereocenters. The molecule has 0 saturated heterocycles. The van der Waals surface area contributed by atoms with Gasteiger partial charge in [0.05, 0.1) is 18.6 Å². The summed E-state index contributed by atoms with van der Waals surface area (Å²) < 4.78 is 11.7. The van der Waals surface area contributed by atoms with Gasteiger partial charge in [-0.2, -0.15) is 0 Å². The molecule has 3 rings (SSSR count). The Morgan fingerprint density at radius 1 is 1.17 bits per heavy atom. The lowest BCUT2D eigenvalue weighted by atomic mass is 9.85. The monoisotopic (exact) mass is 414 g/mol. The molecule has 29 heavy (non-hydrogen) atoms. The number of carbonyl (C=O) groups excluding carboxylic acids is 2. The molecule has 2 atom stereocenters. The van der Waals surface area contributed by atoms with Crippen LogP contribution in [0, 0.1) is 5.92 Å². The van der Waals surface area contributed by atoms with E-state index in [0.717, 1.165) is 11.1 Å². The van der Waals surface area contributed by atoms with Gasteiger partial charge in [0.1, 0.15) is 12.4 Å². The number of benzene rings is 2. The number of hydrogen-bond acceptors (Lipinski definition) is 4. The number of ether oxygens (including phenoxy) is 2. The predicted octanol–water partition coefficient (Wildman–Crippen LogP) is 4.75. The normalized spacial score (nSPS) is 18.6. The molecular formula is C22H23ClN2O4. The zero-order chi connectivity index (χ0) is 21.0. The Bertz CT molecular complexity index is 958. The van der Waals surface area contributed by atoms with Gasteiger partial charge in [-0.15, -0.1) is 0 Å². The second-order valence-electron chi connectivity index (χ2n) is 6.79. The maximum Gasteiger partial charge on any atom is 0.341 e. The third-order valence-corrected chi connectivity index (χ3v) is 5.11. The zero-order valence-electron chi connectivity index (χ0n) is 16.6. The van der Waals surface area contributed by atoms with Crippen molar-refractivity contribution in [1.29, 1.82) is 0 Å². The van der Waals surface area contributed by atoms with Crippen molar-refractivity contribution in [3.05, 3.63) is 58.6 Å². The molecule has 2 aromatic carbocycles. The molecule has 0 spiro atoms. The second kappa shape index (κ2) is 9.09. The number of rotatable bonds is 7. The van der Waals surface area contributed by atoms with E-state index in [9.17, 15) is 9.59 Å². The van der Waals surface area contributed by atoms with E-state index in [1.807, 2.05) is 37.3 Å². The van der Waals surface area contributed by atoms with Crippen LogP contribution >= 0.6 is 11.6 Å². The number of hydrogen-bond donors (Lipinski definition) is 1. The Balaban J connectivity index is 1.89. The van der Waals surface area contributed by atoms with Crippen molar-refractivity contribution in [2.45, 2.75) is 33.4 Å². The minimum Gasteiger partial charge on any atom is -0.490 e. The largest absolute Gasteiger partial charge is 0.490 e. The molecule has 2 amide bonds. The summed E-state index contributed by atoms with van der Waals surface area (Å²) in [5, 5.41) is 3.42. The van der Waals surface area contributed by atoms with E-state index in [1.165, 1.54) is 6.92 Å². The highest BCUT2D eigenvalue weighted by atomic mass is 35.5. The first-order valence-corrected chi connectivity index (χ1v) is 9.77. The summed E-state index contributed by atoms with van der Waals surface area (Å²) in [5.41, 5.74) is 2.12. The van der Waals surface area contributed by atoms with E-state index in [2.05, 4.69) is 10.3 Å². The number of aliphatic imine (C=N–C) groups is 1. The zero-order valence-corrected chi connectivity index (χ0v) is 17.3. The van der Waals surface area contributed by atoms with E-state index >= 15 is 0 Å². The van der Waals surface area contributed by atoms with E-state index < -0.39 is 18.0 Å². The molecule has 7 heteroatoms. The molecule has 6 nitrogen and oxygen atoms in total. The molecule has 1 N–H and O–H groups in total. The van der Waals surface area contributed by atoms with Crippen LogP contribution in [-0.4, -0.2) is 24.1 Å². The number of ketones is 1. The highest BCUT2D eigenvalue weighted by Gasteiger charge is 2.35. The number of urea groups is 1. The summed E-state index contributed by atoms with van der Waals surface area (Å²) in [7, 11) is 0. The van der Waals surface area contributed by atoms with Crippen molar-refractivity contribution in [1.82, 2.24) is 5.32 Å². The Labute approximate surface area is 174 Å². The standard InChI is InChI=1S/C22H23ClN2O4/c1-4-28-19-11-15(21-20(14(3)26)13(2)24-22(27)25-21)9-10-18(19)29-12-16-7-5-6-8-17(16)23/h5-11,20-21H,4,12H2,1-3H3,(H,25,27). The van der Waals surface area contributed by atoms with E-state index in [-0.39, 0.29) is 5.78 Å². The molecule has 2 aromatic rings. The van der Waals surface area contributed by atoms with Gasteiger partial charge >= 0.3 is 6.03 Å². The van der Waals surface area contributed by atoms with Crippen LogP contribution in [0.4, 0.5) is 4.79 Å². The van der Waals surface area contributed by atoms with Gasteiger partial charge in [0, 0.05) is 16.3 Å². The molecule has 0 aliphatic carbocycles. The molecule has 0 saturated carbocycles. The van der Waals surface area contributed by atoms with Gasteiger partial charge in [-0.25, -0.2) is 9.79 Å². The molecule has 0 fully saturated rings. The topological polar surface area (TPSA) is 77.0 Å². The third-order valence-electron chi connectivity index (χ3n) is 4.75.